The maximum Gasteiger partial charge on any atom is 0.254 e. The normalized spacial score (nSPS) is 14.1. The van der Waals surface area contributed by atoms with Crippen LogP contribution < -0.4 is 11.1 Å². The highest BCUT2D eigenvalue weighted by Gasteiger charge is 2.29. The lowest BCUT2D eigenvalue weighted by Crippen LogP contribution is -2.30. The summed E-state index contributed by atoms with van der Waals surface area (Å²) in [5, 5.41) is 3.35. The molecule has 1 atom stereocenters. The van der Waals surface area contributed by atoms with Crippen LogP contribution in [0, 0.1) is 0 Å². The Labute approximate surface area is 154 Å². The van der Waals surface area contributed by atoms with Gasteiger partial charge < -0.3 is 16.0 Å². The standard InChI is InChI=1S/C18H21N3OS.ClH/c19-14(12-23)9-20-17-8-4-7-15-16(17)11-21(18(15)22)10-13-5-2-1-3-6-13;/h1-8,14,20,23H,9-12,19H2;1H/t14-;/m1./s1. The second kappa shape index (κ2) is 8.42. The van der Waals surface area contributed by atoms with Crippen LogP contribution in [0.5, 0.6) is 0 Å². The fourth-order valence-corrected chi connectivity index (χ4v) is 2.92. The number of fused-ring (bicyclic) bond motifs is 1. The molecule has 1 heterocycles. The van der Waals surface area contributed by atoms with E-state index in [1.807, 2.05) is 53.4 Å². The van der Waals surface area contributed by atoms with Gasteiger partial charge in [-0.3, -0.25) is 4.79 Å². The van der Waals surface area contributed by atoms with Crippen molar-refractivity contribution < 1.29 is 4.79 Å². The van der Waals surface area contributed by atoms with Crippen LogP contribution in [0.3, 0.4) is 0 Å². The van der Waals surface area contributed by atoms with Gasteiger partial charge in [0.15, 0.2) is 0 Å². The molecular formula is C18H22ClN3OS. The summed E-state index contributed by atoms with van der Waals surface area (Å²) in [6.45, 7) is 1.90. The summed E-state index contributed by atoms with van der Waals surface area (Å²) in [6, 6.07) is 15.9. The lowest BCUT2D eigenvalue weighted by atomic mass is 10.1. The minimum Gasteiger partial charge on any atom is -0.383 e. The maximum absolute atomic E-state index is 12.6. The van der Waals surface area contributed by atoms with E-state index in [1.165, 1.54) is 0 Å². The highest BCUT2D eigenvalue weighted by molar-refractivity contribution is 7.80. The molecule has 4 nitrogen and oxygen atoms in total. The van der Waals surface area contributed by atoms with Gasteiger partial charge in [-0.15, -0.1) is 12.4 Å². The number of benzene rings is 2. The summed E-state index contributed by atoms with van der Waals surface area (Å²) in [7, 11) is 0. The third-order valence-electron chi connectivity index (χ3n) is 4.05. The average molecular weight is 364 g/mol. The molecule has 3 rings (SSSR count). The molecule has 2 aromatic rings. The van der Waals surface area contributed by atoms with Crippen LogP contribution in [0.1, 0.15) is 21.5 Å². The number of anilines is 1. The first-order valence-corrected chi connectivity index (χ1v) is 8.37. The van der Waals surface area contributed by atoms with Crippen LogP contribution in [0.25, 0.3) is 0 Å². The van der Waals surface area contributed by atoms with E-state index in [-0.39, 0.29) is 24.4 Å². The number of nitrogens with two attached hydrogens (primary N) is 1. The number of thiol groups is 1. The van der Waals surface area contributed by atoms with E-state index < -0.39 is 0 Å². The molecule has 3 N–H and O–H groups in total. The Morgan fingerprint density at radius 2 is 1.92 bits per heavy atom. The lowest BCUT2D eigenvalue weighted by molar-refractivity contribution is 0.0767. The Bertz CT molecular complexity index is 696. The summed E-state index contributed by atoms with van der Waals surface area (Å²) in [6.07, 6.45) is 0. The van der Waals surface area contributed by atoms with Crippen molar-refractivity contribution >= 4 is 36.6 Å². The van der Waals surface area contributed by atoms with Crippen LogP contribution in [-0.2, 0) is 13.1 Å². The fraction of sp³-hybridized carbons (Fsp3) is 0.278. The Kier molecular flexibility index (Phi) is 6.54. The Hall–Kier alpha value is -1.69. The molecule has 6 heteroatoms. The van der Waals surface area contributed by atoms with Gasteiger partial charge in [0.2, 0.25) is 0 Å². The molecule has 1 aliphatic rings. The number of nitrogens with one attached hydrogen (secondary N) is 1. The zero-order chi connectivity index (χ0) is 16.2. The van der Waals surface area contributed by atoms with Gasteiger partial charge in [0.05, 0.1) is 0 Å². The predicted octanol–water partition coefficient (Wildman–Crippen LogP) is 2.93. The molecule has 0 saturated heterocycles. The Balaban J connectivity index is 0.00000208. The van der Waals surface area contributed by atoms with Crippen molar-refractivity contribution in [3.63, 3.8) is 0 Å². The first-order chi connectivity index (χ1) is 11.2. The van der Waals surface area contributed by atoms with E-state index in [4.69, 9.17) is 5.73 Å². The topological polar surface area (TPSA) is 58.4 Å². The van der Waals surface area contributed by atoms with Crippen LogP contribution >= 0.6 is 25.0 Å². The quantitative estimate of drug-likeness (QED) is 0.691. The molecule has 128 valence electrons. The Morgan fingerprint density at radius 3 is 2.62 bits per heavy atom. The van der Waals surface area contributed by atoms with Crippen molar-refractivity contribution in [2.45, 2.75) is 19.1 Å². The van der Waals surface area contributed by atoms with Crippen molar-refractivity contribution in [1.29, 1.82) is 0 Å². The maximum atomic E-state index is 12.6. The Morgan fingerprint density at radius 1 is 1.17 bits per heavy atom. The van der Waals surface area contributed by atoms with Gasteiger partial charge in [0.1, 0.15) is 0 Å². The molecule has 0 fully saturated rings. The summed E-state index contributed by atoms with van der Waals surface area (Å²) < 4.78 is 0. The van der Waals surface area contributed by atoms with Crippen molar-refractivity contribution in [2.75, 3.05) is 17.6 Å². The minimum atomic E-state index is -0.00767. The van der Waals surface area contributed by atoms with E-state index in [9.17, 15) is 4.79 Å². The molecule has 2 aromatic carbocycles. The molecule has 0 radical (unpaired) electrons. The second-order valence-electron chi connectivity index (χ2n) is 5.80. The average Bonchev–Trinajstić information content (AvgIpc) is 2.90. The third-order valence-corrected chi connectivity index (χ3v) is 4.52. The molecule has 0 aliphatic carbocycles. The van der Waals surface area contributed by atoms with Gasteiger partial charge in [0, 0.05) is 48.2 Å². The van der Waals surface area contributed by atoms with E-state index >= 15 is 0 Å². The predicted molar refractivity (Wildman–Crippen MR) is 104 cm³/mol. The molecule has 1 amide bonds. The van der Waals surface area contributed by atoms with Crippen molar-refractivity contribution in [3.05, 3.63) is 65.2 Å². The second-order valence-corrected chi connectivity index (χ2v) is 6.17. The molecule has 1 aliphatic heterocycles. The highest BCUT2D eigenvalue weighted by atomic mass is 35.5. The number of carbonyl (C=O) groups excluding carboxylic acids is 1. The van der Waals surface area contributed by atoms with Crippen molar-refractivity contribution in [3.8, 4) is 0 Å². The van der Waals surface area contributed by atoms with Gasteiger partial charge in [-0.05, 0) is 17.7 Å². The molecule has 0 saturated carbocycles. The molecule has 0 bridgehead atoms. The smallest absolute Gasteiger partial charge is 0.254 e. The first kappa shape index (κ1) is 18.6. The number of amides is 1. The number of hydrogen-bond donors (Lipinski definition) is 3. The molecular weight excluding hydrogens is 342 g/mol. The number of rotatable bonds is 6. The van der Waals surface area contributed by atoms with Crippen molar-refractivity contribution in [2.24, 2.45) is 5.73 Å². The number of carbonyl (C=O) groups is 1. The van der Waals surface area contributed by atoms with E-state index in [1.54, 1.807) is 0 Å². The molecule has 0 aromatic heterocycles. The third kappa shape index (κ3) is 4.04. The summed E-state index contributed by atoms with van der Waals surface area (Å²) in [5.41, 5.74) is 9.87. The molecule has 0 unspecified atom stereocenters. The van der Waals surface area contributed by atoms with Crippen molar-refractivity contribution in [1.82, 2.24) is 4.90 Å². The highest BCUT2D eigenvalue weighted by Crippen LogP contribution is 2.30. The summed E-state index contributed by atoms with van der Waals surface area (Å²) in [5.74, 6) is 0.715. The van der Waals surface area contributed by atoms with Crippen LogP contribution in [-0.4, -0.2) is 29.1 Å². The van der Waals surface area contributed by atoms with E-state index in [0.717, 1.165) is 22.4 Å². The van der Waals surface area contributed by atoms with Gasteiger partial charge in [-0.1, -0.05) is 36.4 Å². The monoisotopic (exact) mass is 363 g/mol. The minimum absolute atomic E-state index is 0. The lowest BCUT2D eigenvalue weighted by Gasteiger charge is -2.16. The van der Waals surface area contributed by atoms with Gasteiger partial charge in [-0.2, -0.15) is 12.6 Å². The van der Waals surface area contributed by atoms with Gasteiger partial charge in [0.25, 0.3) is 5.91 Å². The molecule has 0 spiro atoms. The van der Waals surface area contributed by atoms with Gasteiger partial charge in [-0.25, -0.2) is 0 Å². The summed E-state index contributed by atoms with van der Waals surface area (Å²) >= 11 is 4.20. The number of halogens is 1. The van der Waals surface area contributed by atoms with Crippen LogP contribution in [0.15, 0.2) is 48.5 Å². The number of nitrogens with zero attached hydrogens (tertiary/aromatic N) is 1. The van der Waals surface area contributed by atoms with E-state index in [0.29, 0.717) is 25.4 Å². The fourth-order valence-electron chi connectivity index (χ4n) is 2.79. The first-order valence-electron chi connectivity index (χ1n) is 7.74. The largest absolute Gasteiger partial charge is 0.383 e. The SMILES string of the molecule is Cl.N[C@@H](CS)CNc1cccc2c1CN(Cc1ccccc1)C2=O. The zero-order valence-electron chi connectivity index (χ0n) is 13.3. The van der Waals surface area contributed by atoms with E-state index in [2.05, 4.69) is 17.9 Å². The number of hydrogen-bond acceptors (Lipinski definition) is 4. The van der Waals surface area contributed by atoms with Crippen LogP contribution in [0.2, 0.25) is 0 Å². The summed E-state index contributed by atoms with van der Waals surface area (Å²) in [4.78, 5) is 14.5. The zero-order valence-corrected chi connectivity index (χ0v) is 15.0. The van der Waals surface area contributed by atoms with Crippen LogP contribution in [0.4, 0.5) is 5.69 Å². The van der Waals surface area contributed by atoms with Gasteiger partial charge >= 0.3 is 0 Å². The molecule has 24 heavy (non-hydrogen) atoms.